The second-order valence-electron chi connectivity index (χ2n) is 2.11. The molecule has 13 heavy (non-hydrogen) atoms. The molecule has 0 rings (SSSR count). The van der Waals surface area contributed by atoms with E-state index in [-0.39, 0.29) is 12.5 Å². The van der Waals surface area contributed by atoms with Gasteiger partial charge in [0.1, 0.15) is 0 Å². The molecule has 3 N–H and O–H groups in total. The van der Waals surface area contributed by atoms with Gasteiger partial charge in [-0.3, -0.25) is 13.9 Å². The minimum absolute atomic E-state index is 0.0148. The van der Waals surface area contributed by atoms with E-state index in [4.69, 9.17) is 22.6 Å². The molecule has 0 aromatic carbocycles. The number of likely N-dealkylation sites (N-methyl/N-ethyl adjacent to an activating group) is 1. The number of carbonyl (C=O) groups excluding carboxylic acids is 1. The highest BCUT2D eigenvalue weighted by Gasteiger charge is 1.97. The van der Waals surface area contributed by atoms with E-state index in [1.807, 2.05) is 0 Å². The monoisotopic (exact) mass is 215 g/mol. The van der Waals surface area contributed by atoms with Gasteiger partial charge in [-0.05, 0) is 0 Å². The third-order valence-electron chi connectivity index (χ3n) is 0.973. The lowest BCUT2D eigenvalue weighted by Gasteiger charge is -2.11. The van der Waals surface area contributed by atoms with Crippen molar-refractivity contribution in [1.82, 2.24) is 4.90 Å². The Bertz CT molecular complexity index is 227. The molecule has 0 spiro atoms. The predicted molar refractivity (Wildman–Crippen MR) is 44.6 cm³/mol. The number of hydrogen-bond acceptors (Lipinski definition) is 4. The molecule has 0 aromatic rings. The van der Waals surface area contributed by atoms with Gasteiger partial charge >= 0.3 is 10.4 Å². The minimum atomic E-state index is -4.67. The Morgan fingerprint density at radius 3 is 1.77 bits per heavy atom. The number of amides is 1. The molecule has 0 heterocycles. The summed E-state index contributed by atoms with van der Waals surface area (Å²) in [5, 5.41) is 8.29. The topological polar surface area (TPSA) is 115 Å². The Labute approximate surface area is 76.6 Å². The van der Waals surface area contributed by atoms with E-state index in [0.717, 1.165) is 0 Å². The normalized spacial score (nSPS) is 9.92. The average molecular weight is 215 g/mol. The van der Waals surface area contributed by atoms with Gasteiger partial charge in [0.25, 0.3) is 0 Å². The molecular formula is C5H13NO6S. The molecule has 0 aliphatic rings. The number of rotatable bonds is 2. The predicted octanol–water partition coefficient (Wildman–Crippen LogP) is -1.20. The van der Waals surface area contributed by atoms with Crippen molar-refractivity contribution in [3.63, 3.8) is 0 Å². The number of carbonyl (C=O) groups is 1. The second-order valence-corrected chi connectivity index (χ2v) is 3.01. The summed E-state index contributed by atoms with van der Waals surface area (Å²) in [6.45, 7) is 1.93. The molecule has 0 saturated carbocycles. The fraction of sp³-hybridized carbons (Fsp3) is 0.800. The van der Waals surface area contributed by atoms with Crippen LogP contribution in [0.2, 0.25) is 0 Å². The van der Waals surface area contributed by atoms with Gasteiger partial charge in [-0.1, -0.05) is 0 Å². The van der Waals surface area contributed by atoms with Crippen LogP contribution in [0.15, 0.2) is 0 Å². The molecule has 0 aromatic heterocycles. The van der Waals surface area contributed by atoms with Crippen LogP contribution in [0.4, 0.5) is 0 Å². The molecule has 0 aliphatic heterocycles. The van der Waals surface area contributed by atoms with Gasteiger partial charge in [0.15, 0.2) is 0 Å². The van der Waals surface area contributed by atoms with Crippen LogP contribution < -0.4 is 0 Å². The Hall–Kier alpha value is -0.700. The lowest BCUT2D eigenvalue weighted by molar-refractivity contribution is -0.127. The summed E-state index contributed by atoms with van der Waals surface area (Å²) in [7, 11) is -3.02. The molecule has 0 radical (unpaired) electrons. The van der Waals surface area contributed by atoms with Crippen LogP contribution in [0.5, 0.6) is 0 Å². The molecule has 1 amide bonds. The molecule has 0 unspecified atom stereocenters. The van der Waals surface area contributed by atoms with Crippen LogP contribution in [-0.2, 0) is 15.2 Å². The smallest absolute Gasteiger partial charge is 0.394 e. The summed E-state index contributed by atoms with van der Waals surface area (Å²) < 4.78 is 31.6. The van der Waals surface area contributed by atoms with Crippen LogP contribution in [0.25, 0.3) is 0 Å². The first kappa shape index (κ1) is 14.8. The fourth-order valence-corrected chi connectivity index (χ4v) is 0.307. The highest BCUT2D eigenvalue weighted by Crippen LogP contribution is 1.79. The van der Waals surface area contributed by atoms with Crippen molar-refractivity contribution in [2.75, 3.05) is 20.2 Å². The van der Waals surface area contributed by atoms with Crippen LogP contribution >= 0.6 is 0 Å². The van der Waals surface area contributed by atoms with Crippen LogP contribution in [0.1, 0.15) is 6.92 Å². The summed E-state index contributed by atoms with van der Waals surface area (Å²) in [4.78, 5) is 11.8. The minimum Gasteiger partial charge on any atom is -0.395 e. The molecule has 0 fully saturated rings. The molecule has 80 valence electrons. The van der Waals surface area contributed by atoms with Gasteiger partial charge in [0, 0.05) is 20.5 Å². The maximum atomic E-state index is 10.3. The van der Waals surface area contributed by atoms with Gasteiger partial charge in [0.05, 0.1) is 6.61 Å². The molecule has 0 aliphatic carbocycles. The molecular weight excluding hydrogens is 202 g/mol. The Balaban J connectivity index is 0. The van der Waals surface area contributed by atoms with Gasteiger partial charge in [-0.2, -0.15) is 8.42 Å². The highest BCUT2D eigenvalue weighted by molar-refractivity contribution is 7.79. The summed E-state index contributed by atoms with van der Waals surface area (Å²) in [6, 6.07) is 0. The van der Waals surface area contributed by atoms with E-state index >= 15 is 0 Å². The van der Waals surface area contributed by atoms with Gasteiger partial charge in [0.2, 0.25) is 5.91 Å². The van der Waals surface area contributed by atoms with Crippen LogP contribution in [-0.4, -0.2) is 53.6 Å². The lowest BCUT2D eigenvalue weighted by atomic mass is 10.5. The standard InChI is InChI=1S/C5H11NO2.H2O4S/c1-5(8)6(2)3-4-7;1-5(2,3)4/h7H,3-4H2,1-2H3;(H2,1,2,3,4). The van der Waals surface area contributed by atoms with Crippen molar-refractivity contribution in [2.24, 2.45) is 0 Å². The average Bonchev–Trinajstić information content (AvgIpc) is 1.84. The zero-order chi connectivity index (χ0) is 11.1. The van der Waals surface area contributed by atoms with Crippen molar-refractivity contribution in [3.8, 4) is 0 Å². The zero-order valence-electron chi connectivity index (χ0n) is 7.34. The van der Waals surface area contributed by atoms with Crippen molar-refractivity contribution < 1.29 is 27.4 Å². The zero-order valence-corrected chi connectivity index (χ0v) is 8.15. The van der Waals surface area contributed by atoms with E-state index in [0.29, 0.717) is 6.54 Å². The van der Waals surface area contributed by atoms with Crippen LogP contribution in [0, 0.1) is 0 Å². The van der Waals surface area contributed by atoms with Crippen molar-refractivity contribution in [3.05, 3.63) is 0 Å². The SMILES string of the molecule is CC(=O)N(C)CCO.O=S(=O)(O)O. The van der Waals surface area contributed by atoms with Crippen molar-refractivity contribution in [1.29, 1.82) is 0 Å². The van der Waals surface area contributed by atoms with E-state index in [1.165, 1.54) is 11.8 Å². The van der Waals surface area contributed by atoms with Gasteiger partial charge in [-0.15, -0.1) is 0 Å². The van der Waals surface area contributed by atoms with Crippen molar-refractivity contribution in [2.45, 2.75) is 6.92 Å². The largest absolute Gasteiger partial charge is 0.395 e. The van der Waals surface area contributed by atoms with Crippen LogP contribution in [0.3, 0.4) is 0 Å². The quantitative estimate of drug-likeness (QED) is 0.498. The number of aliphatic hydroxyl groups excluding tert-OH is 1. The molecule has 0 saturated heterocycles. The lowest BCUT2D eigenvalue weighted by Crippen LogP contribution is -2.26. The molecule has 8 heteroatoms. The maximum Gasteiger partial charge on any atom is 0.394 e. The molecule has 0 bridgehead atoms. The first-order valence-electron chi connectivity index (χ1n) is 3.21. The summed E-state index contributed by atoms with van der Waals surface area (Å²) in [5.41, 5.74) is 0. The number of hydrogen-bond donors (Lipinski definition) is 3. The highest BCUT2D eigenvalue weighted by atomic mass is 32.3. The van der Waals surface area contributed by atoms with E-state index in [1.54, 1.807) is 7.05 Å². The third kappa shape index (κ3) is 24.6. The van der Waals surface area contributed by atoms with Gasteiger partial charge < -0.3 is 10.0 Å². The van der Waals surface area contributed by atoms with E-state index < -0.39 is 10.4 Å². The first-order chi connectivity index (χ1) is 5.68. The Morgan fingerprint density at radius 2 is 1.69 bits per heavy atom. The molecule has 7 nitrogen and oxygen atoms in total. The van der Waals surface area contributed by atoms with E-state index in [9.17, 15) is 4.79 Å². The molecule has 0 atom stereocenters. The number of aliphatic hydroxyl groups is 1. The van der Waals surface area contributed by atoms with Gasteiger partial charge in [-0.25, -0.2) is 0 Å². The van der Waals surface area contributed by atoms with Crippen molar-refractivity contribution >= 4 is 16.3 Å². The summed E-state index contributed by atoms with van der Waals surface area (Å²) >= 11 is 0. The number of nitrogens with zero attached hydrogens (tertiary/aromatic N) is 1. The third-order valence-corrected chi connectivity index (χ3v) is 0.973. The maximum absolute atomic E-state index is 10.3. The first-order valence-corrected chi connectivity index (χ1v) is 4.60. The summed E-state index contributed by atoms with van der Waals surface area (Å²) in [6.07, 6.45) is 0. The van der Waals surface area contributed by atoms with E-state index in [2.05, 4.69) is 0 Å². The summed E-state index contributed by atoms with van der Waals surface area (Å²) in [5.74, 6) is -0.0148. The Kier molecular flexibility index (Phi) is 7.72. The fourth-order valence-electron chi connectivity index (χ4n) is 0.307. The Morgan fingerprint density at radius 1 is 1.38 bits per heavy atom. The second kappa shape index (κ2) is 6.78.